The summed E-state index contributed by atoms with van der Waals surface area (Å²) in [6.45, 7) is 0. The standard InChI is InChI=1S/C14H10F4N4.C9H14O2/c1-19-12-3-7(14(16,17)18)2-11(22-12)10-6-21-13-9(10)4-8(15)5-20-13;10-9(11)8-5-6-1-3-7(8)4-2-6/h2-6H,1H3,(H,19,22)(H,20,21);6-8H,1-5H2,(H,10,11). The topological polar surface area (TPSA) is 90.9 Å². The fourth-order valence-corrected chi connectivity index (χ4v) is 4.83. The number of aromatic nitrogens is 3. The van der Waals surface area contributed by atoms with E-state index < -0.39 is 23.5 Å². The molecule has 3 aliphatic carbocycles. The zero-order valence-electron chi connectivity index (χ0n) is 17.9. The van der Waals surface area contributed by atoms with Crippen LogP contribution in [0.5, 0.6) is 0 Å². The first-order chi connectivity index (χ1) is 15.7. The molecule has 3 aromatic rings. The van der Waals surface area contributed by atoms with E-state index in [1.807, 2.05) is 0 Å². The van der Waals surface area contributed by atoms with Gasteiger partial charge >= 0.3 is 12.1 Å². The number of carboxylic acids is 1. The second kappa shape index (κ2) is 8.99. The zero-order chi connectivity index (χ0) is 23.8. The fraction of sp³-hybridized carbons (Fsp3) is 0.435. The summed E-state index contributed by atoms with van der Waals surface area (Å²) in [5, 5.41) is 11.8. The minimum absolute atomic E-state index is 0.00231. The molecule has 3 aliphatic rings. The number of rotatable bonds is 3. The van der Waals surface area contributed by atoms with Gasteiger partial charge in [0.05, 0.1) is 23.4 Å². The van der Waals surface area contributed by atoms with Crippen molar-refractivity contribution in [3.8, 4) is 11.3 Å². The summed E-state index contributed by atoms with van der Waals surface area (Å²) in [4.78, 5) is 21.5. The summed E-state index contributed by atoms with van der Waals surface area (Å²) in [7, 11) is 1.47. The van der Waals surface area contributed by atoms with E-state index in [9.17, 15) is 22.4 Å². The molecule has 0 aliphatic heterocycles. The van der Waals surface area contributed by atoms with Crippen LogP contribution >= 0.6 is 0 Å². The van der Waals surface area contributed by atoms with Gasteiger partial charge in [-0.15, -0.1) is 0 Å². The molecule has 3 saturated carbocycles. The Hall–Kier alpha value is -3.17. The van der Waals surface area contributed by atoms with Gasteiger partial charge in [-0.2, -0.15) is 13.2 Å². The van der Waals surface area contributed by atoms with E-state index in [1.54, 1.807) is 0 Å². The van der Waals surface area contributed by atoms with Crippen LogP contribution in [0.3, 0.4) is 0 Å². The highest BCUT2D eigenvalue weighted by atomic mass is 19.4. The van der Waals surface area contributed by atoms with E-state index in [2.05, 4.69) is 20.3 Å². The summed E-state index contributed by atoms with van der Waals surface area (Å²) in [5.41, 5.74) is -0.0235. The Bertz CT molecular complexity index is 1150. The summed E-state index contributed by atoms with van der Waals surface area (Å²) in [5.74, 6) is 0.193. The molecule has 6 rings (SSSR count). The quantitative estimate of drug-likeness (QED) is 0.431. The van der Waals surface area contributed by atoms with E-state index in [0.29, 0.717) is 22.5 Å². The van der Waals surface area contributed by atoms with Crippen LogP contribution in [0.25, 0.3) is 22.3 Å². The lowest BCUT2D eigenvalue weighted by Crippen LogP contribution is -2.35. The maximum absolute atomic E-state index is 13.3. The number of aliphatic carboxylic acids is 1. The number of hydrogen-bond acceptors (Lipinski definition) is 4. The number of hydrogen-bond donors (Lipinski definition) is 3. The Morgan fingerprint density at radius 3 is 2.45 bits per heavy atom. The highest BCUT2D eigenvalue weighted by molar-refractivity contribution is 5.92. The van der Waals surface area contributed by atoms with Crippen LogP contribution in [0.4, 0.5) is 23.4 Å². The largest absolute Gasteiger partial charge is 0.481 e. The smallest absolute Gasteiger partial charge is 0.416 e. The normalized spacial score (nSPS) is 22.0. The van der Waals surface area contributed by atoms with Crippen molar-refractivity contribution in [1.82, 2.24) is 15.0 Å². The van der Waals surface area contributed by atoms with Gasteiger partial charge in [0.25, 0.3) is 0 Å². The maximum atomic E-state index is 13.3. The minimum atomic E-state index is -4.50. The van der Waals surface area contributed by atoms with Gasteiger partial charge in [-0.3, -0.25) is 4.79 Å². The molecule has 3 fully saturated rings. The molecular weight excluding hydrogens is 440 g/mol. The number of nitrogens with zero attached hydrogens (tertiary/aromatic N) is 2. The second-order valence-electron chi connectivity index (χ2n) is 8.59. The Kier molecular flexibility index (Phi) is 6.27. The van der Waals surface area contributed by atoms with E-state index in [1.165, 1.54) is 45.0 Å². The van der Waals surface area contributed by atoms with Gasteiger partial charge < -0.3 is 15.4 Å². The Labute approximate surface area is 187 Å². The first-order valence-electron chi connectivity index (χ1n) is 10.8. The van der Waals surface area contributed by atoms with Crippen LogP contribution in [0.2, 0.25) is 0 Å². The van der Waals surface area contributed by atoms with E-state index in [4.69, 9.17) is 5.11 Å². The zero-order valence-corrected chi connectivity index (χ0v) is 17.9. The summed E-state index contributed by atoms with van der Waals surface area (Å²) in [6, 6.07) is 3.04. The number of carboxylic acid groups (broad SMARTS) is 1. The molecule has 10 heteroatoms. The Morgan fingerprint density at radius 2 is 1.91 bits per heavy atom. The fourth-order valence-electron chi connectivity index (χ4n) is 4.83. The lowest BCUT2D eigenvalue weighted by molar-refractivity contribution is -0.147. The number of anilines is 1. The van der Waals surface area contributed by atoms with Gasteiger partial charge in [0.2, 0.25) is 0 Å². The predicted octanol–water partition coefficient (Wildman–Crippen LogP) is 5.72. The molecule has 6 nitrogen and oxygen atoms in total. The molecule has 1 atom stereocenters. The SMILES string of the molecule is CNc1cc(C(F)(F)F)cc(-c2c[nH]c3ncc(F)cc23)n1.O=C(O)C1CC2CCC1CC2. The van der Waals surface area contributed by atoms with Crippen molar-refractivity contribution in [2.24, 2.45) is 17.8 Å². The Balaban J connectivity index is 0.000000196. The number of carbonyl (C=O) groups is 1. The minimum Gasteiger partial charge on any atom is -0.481 e. The van der Waals surface area contributed by atoms with Crippen LogP contribution < -0.4 is 5.32 Å². The Morgan fingerprint density at radius 1 is 1.18 bits per heavy atom. The third kappa shape index (κ3) is 4.94. The third-order valence-corrected chi connectivity index (χ3v) is 6.55. The molecule has 2 bridgehead atoms. The molecule has 3 heterocycles. The van der Waals surface area contributed by atoms with Crippen LogP contribution in [-0.2, 0) is 11.0 Å². The highest BCUT2D eigenvalue weighted by Gasteiger charge is 2.39. The summed E-state index contributed by atoms with van der Waals surface area (Å²) < 4.78 is 52.2. The monoisotopic (exact) mass is 464 g/mol. The van der Waals surface area contributed by atoms with Crippen LogP contribution in [0, 0.1) is 23.6 Å². The third-order valence-electron chi connectivity index (χ3n) is 6.55. The molecule has 0 aromatic carbocycles. The lowest BCUT2D eigenvalue weighted by atomic mass is 9.65. The molecular formula is C23H24F4N4O2. The number of alkyl halides is 3. The van der Waals surface area contributed by atoms with Crippen LogP contribution in [-0.4, -0.2) is 33.1 Å². The maximum Gasteiger partial charge on any atom is 0.416 e. The average Bonchev–Trinajstić information content (AvgIpc) is 3.22. The van der Waals surface area contributed by atoms with Gasteiger partial charge in [0, 0.05) is 24.2 Å². The highest BCUT2D eigenvalue weighted by Crippen LogP contribution is 2.44. The molecule has 3 aromatic heterocycles. The van der Waals surface area contributed by atoms with Gasteiger partial charge in [-0.25, -0.2) is 14.4 Å². The summed E-state index contributed by atoms with van der Waals surface area (Å²) >= 11 is 0. The van der Waals surface area contributed by atoms with Gasteiger partial charge in [-0.1, -0.05) is 12.8 Å². The second-order valence-corrected chi connectivity index (χ2v) is 8.59. The first-order valence-corrected chi connectivity index (χ1v) is 10.8. The number of aromatic amines is 1. The van der Waals surface area contributed by atoms with Gasteiger partial charge in [-0.05, 0) is 49.3 Å². The number of pyridine rings is 2. The number of halogens is 4. The molecule has 0 amide bonds. The number of fused-ring (bicyclic) bond motifs is 4. The molecule has 1 unspecified atom stereocenters. The average molecular weight is 464 g/mol. The number of nitrogens with one attached hydrogen (secondary N) is 2. The van der Waals surface area contributed by atoms with Crippen molar-refractivity contribution in [3.63, 3.8) is 0 Å². The summed E-state index contributed by atoms with van der Waals surface area (Å²) in [6.07, 6.45) is 3.85. The van der Waals surface area contributed by atoms with Crippen molar-refractivity contribution in [1.29, 1.82) is 0 Å². The molecule has 3 N–H and O–H groups in total. The van der Waals surface area contributed by atoms with Gasteiger partial charge in [0.1, 0.15) is 17.3 Å². The van der Waals surface area contributed by atoms with E-state index in [0.717, 1.165) is 30.7 Å². The van der Waals surface area contributed by atoms with Crippen molar-refractivity contribution >= 4 is 22.8 Å². The van der Waals surface area contributed by atoms with Crippen molar-refractivity contribution in [2.45, 2.75) is 38.3 Å². The molecule has 176 valence electrons. The molecule has 0 radical (unpaired) electrons. The molecule has 0 spiro atoms. The molecule has 33 heavy (non-hydrogen) atoms. The predicted molar refractivity (Wildman–Crippen MR) is 115 cm³/mol. The van der Waals surface area contributed by atoms with Crippen molar-refractivity contribution < 1.29 is 27.5 Å². The van der Waals surface area contributed by atoms with E-state index >= 15 is 0 Å². The van der Waals surface area contributed by atoms with Crippen LogP contribution in [0.1, 0.15) is 37.7 Å². The lowest BCUT2D eigenvalue weighted by Gasteiger charge is -2.40. The molecule has 0 saturated heterocycles. The first kappa shape index (κ1) is 23.0. The van der Waals surface area contributed by atoms with Gasteiger partial charge in [0.15, 0.2) is 0 Å². The van der Waals surface area contributed by atoms with Crippen molar-refractivity contribution in [3.05, 3.63) is 42.0 Å². The van der Waals surface area contributed by atoms with E-state index in [-0.39, 0.29) is 17.4 Å². The van der Waals surface area contributed by atoms with Crippen molar-refractivity contribution in [2.75, 3.05) is 12.4 Å². The number of H-pyrrole nitrogens is 1. The van der Waals surface area contributed by atoms with Crippen LogP contribution in [0.15, 0.2) is 30.6 Å².